The third-order valence-electron chi connectivity index (χ3n) is 6.14. The summed E-state index contributed by atoms with van der Waals surface area (Å²) in [6.45, 7) is 7.69. The Morgan fingerprint density at radius 3 is 2.62 bits per heavy atom. The Kier molecular flexibility index (Phi) is 6.86. The van der Waals surface area contributed by atoms with Crippen LogP contribution in [0.5, 0.6) is 0 Å². The molecule has 2 N–H and O–H groups in total. The molecule has 0 radical (unpaired) electrons. The maximum Gasteiger partial charge on any atom is 0.356 e. The summed E-state index contributed by atoms with van der Waals surface area (Å²) in [5, 5.41) is 7.18. The smallest absolute Gasteiger partial charge is 0.356 e. The minimum absolute atomic E-state index is 0.0208. The lowest BCUT2D eigenvalue weighted by Crippen LogP contribution is -2.29. The van der Waals surface area contributed by atoms with Crippen LogP contribution in [0.3, 0.4) is 0 Å². The van der Waals surface area contributed by atoms with Gasteiger partial charge in [-0.25, -0.2) is 9.78 Å². The summed E-state index contributed by atoms with van der Waals surface area (Å²) in [6.07, 6.45) is 6.92. The Bertz CT molecular complexity index is 1180. The summed E-state index contributed by atoms with van der Waals surface area (Å²) in [6, 6.07) is 7.71. The predicted octanol–water partition coefficient (Wildman–Crippen LogP) is 4.66. The molecule has 180 valence electrons. The number of fused-ring (bicyclic) bond motifs is 1. The molecule has 1 fully saturated rings. The van der Waals surface area contributed by atoms with Crippen LogP contribution in [0.25, 0.3) is 11.0 Å². The number of nitrogens with one attached hydrogen (secondary N) is 2. The molecule has 0 unspecified atom stereocenters. The number of aromatic nitrogens is 3. The van der Waals surface area contributed by atoms with Crippen LogP contribution in [0.2, 0.25) is 0 Å². The number of pyridine rings is 2. The molecule has 8 nitrogen and oxygen atoms in total. The first-order valence-corrected chi connectivity index (χ1v) is 11.8. The van der Waals surface area contributed by atoms with E-state index in [1.54, 1.807) is 12.4 Å². The Morgan fingerprint density at radius 2 is 2.00 bits per heavy atom. The molecule has 0 spiro atoms. The number of amides is 1. The van der Waals surface area contributed by atoms with Gasteiger partial charge >= 0.3 is 5.97 Å². The van der Waals surface area contributed by atoms with Crippen molar-refractivity contribution in [1.82, 2.24) is 14.5 Å². The molecule has 0 bridgehead atoms. The van der Waals surface area contributed by atoms with Crippen molar-refractivity contribution < 1.29 is 14.3 Å². The molecule has 0 atom stereocenters. The topological polar surface area (TPSA) is 98.1 Å². The predicted molar refractivity (Wildman–Crippen MR) is 133 cm³/mol. The van der Waals surface area contributed by atoms with Crippen LogP contribution < -0.4 is 10.6 Å². The van der Waals surface area contributed by atoms with Gasteiger partial charge in [-0.1, -0.05) is 33.3 Å². The van der Waals surface area contributed by atoms with Crippen molar-refractivity contribution in [3.8, 4) is 0 Å². The number of hydrogen-bond donors (Lipinski definition) is 2. The van der Waals surface area contributed by atoms with Crippen molar-refractivity contribution in [3.05, 3.63) is 48.0 Å². The Labute approximate surface area is 200 Å². The van der Waals surface area contributed by atoms with Gasteiger partial charge in [-0.3, -0.25) is 9.78 Å². The average Bonchev–Trinajstić information content (AvgIpc) is 3.07. The Balaban J connectivity index is 1.78. The second-order valence-electron chi connectivity index (χ2n) is 10.1. The molecule has 3 aromatic heterocycles. The highest BCUT2D eigenvalue weighted by molar-refractivity contribution is 6.11. The van der Waals surface area contributed by atoms with Crippen molar-refractivity contribution in [3.63, 3.8) is 0 Å². The first-order valence-electron chi connectivity index (χ1n) is 11.8. The van der Waals surface area contributed by atoms with E-state index in [1.165, 1.54) is 7.11 Å². The number of esters is 1. The maximum atomic E-state index is 13.0. The van der Waals surface area contributed by atoms with Crippen LogP contribution in [-0.2, 0) is 22.5 Å². The highest BCUT2D eigenvalue weighted by Crippen LogP contribution is 2.35. The SMILES string of the molecule is COC(=O)c1c(NC(=O)C2CCC2)c2cc(NCC(C)(C)C)cnc2n1CCc1ccccn1. The van der Waals surface area contributed by atoms with Gasteiger partial charge in [0.05, 0.1) is 24.7 Å². The minimum Gasteiger partial charge on any atom is -0.464 e. The summed E-state index contributed by atoms with van der Waals surface area (Å²) in [7, 11) is 1.35. The number of methoxy groups -OCH3 is 1. The van der Waals surface area contributed by atoms with E-state index in [9.17, 15) is 9.59 Å². The van der Waals surface area contributed by atoms with E-state index in [1.807, 2.05) is 28.8 Å². The van der Waals surface area contributed by atoms with E-state index in [0.29, 0.717) is 35.4 Å². The molecule has 1 amide bonds. The number of hydrogen-bond acceptors (Lipinski definition) is 6. The van der Waals surface area contributed by atoms with Crippen molar-refractivity contribution in [2.45, 2.75) is 53.0 Å². The highest BCUT2D eigenvalue weighted by Gasteiger charge is 2.30. The fourth-order valence-corrected chi connectivity index (χ4v) is 4.01. The summed E-state index contributed by atoms with van der Waals surface area (Å²) >= 11 is 0. The van der Waals surface area contributed by atoms with E-state index >= 15 is 0 Å². The molecule has 8 heteroatoms. The number of carbonyl (C=O) groups is 2. The number of nitrogens with zero attached hydrogens (tertiary/aromatic N) is 3. The van der Waals surface area contributed by atoms with Gasteiger partial charge in [0.15, 0.2) is 5.69 Å². The summed E-state index contributed by atoms with van der Waals surface area (Å²) < 4.78 is 6.97. The maximum absolute atomic E-state index is 13.0. The molecule has 3 aromatic rings. The molecule has 1 aliphatic rings. The van der Waals surface area contributed by atoms with Crippen LogP contribution in [0.15, 0.2) is 36.7 Å². The summed E-state index contributed by atoms with van der Waals surface area (Å²) in [5.74, 6) is -0.590. The van der Waals surface area contributed by atoms with Crippen molar-refractivity contribution in [1.29, 1.82) is 0 Å². The molecule has 0 aliphatic heterocycles. The van der Waals surface area contributed by atoms with E-state index in [2.05, 4.69) is 36.4 Å². The van der Waals surface area contributed by atoms with Crippen LogP contribution in [0.1, 0.15) is 56.2 Å². The second-order valence-corrected chi connectivity index (χ2v) is 10.1. The minimum atomic E-state index is -0.507. The molecule has 0 aromatic carbocycles. The zero-order valence-electron chi connectivity index (χ0n) is 20.4. The highest BCUT2D eigenvalue weighted by atomic mass is 16.5. The van der Waals surface area contributed by atoms with Gasteiger partial charge in [-0.2, -0.15) is 0 Å². The number of carbonyl (C=O) groups excluding carboxylic acids is 2. The van der Waals surface area contributed by atoms with Crippen LogP contribution in [-0.4, -0.2) is 40.1 Å². The van der Waals surface area contributed by atoms with E-state index in [-0.39, 0.29) is 17.2 Å². The van der Waals surface area contributed by atoms with Crippen molar-refractivity contribution in [2.24, 2.45) is 11.3 Å². The van der Waals surface area contributed by atoms with Crippen molar-refractivity contribution >= 4 is 34.3 Å². The van der Waals surface area contributed by atoms with Crippen LogP contribution >= 0.6 is 0 Å². The molecule has 0 saturated heterocycles. The number of ether oxygens (including phenoxy) is 1. The molecule has 4 rings (SSSR count). The standard InChI is InChI=1S/C26H33N5O3/c1-26(2,3)16-29-19-14-20-21(30-24(32)17-8-7-9-17)22(25(33)34-4)31(23(20)28-15-19)13-11-18-10-5-6-12-27-18/h5-6,10,12,14-15,17,29H,7-9,11,13,16H2,1-4H3,(H,30,32). The van der Waals surface area contributed by atoms with Gasteiger partial charge in [-0.15, -0.1) is 0 Å². The fraction of sp³-hybridized carbons (Fsp3) is 0.462. The fourth-order valence-electron chi connectivity index (χ4n) is 4.01. The van der Waals surface area contributed by atoms with Gasteiger partial charge in [0.25, 0.3) is 0 Å². The van der Waals surface area contributed by atoms with E-state index in [4.69, 9.17) is 9.72 Å². The lowest BCUT2D eigenvalue weighted by Gasteiger charge is -2.24. The van der Waals surface area contributed by atoms with Crippen LogP contribution in [0.4, 0.5) is 11.4 Å². The largest absolute Gasteiger partial charge is 0.464 e. The van der Waals surface area contributed by atoms with Gasteiger partial charge in [0.2, 0.25) is 5.91 Å². The molecule has 1 saturated carbocycles. The van der Waals surface area contributed by atoms with Crippen LogP contribution in [0, 0.1) is 11.3 Å². The molecule has 34 heavy (non-hydrogen) atoms. The van der Waals surface area contributed by atoms with Gasteiger partial charge in [-0.05, 0) is 36.5 Å². The second kappa shape index (κ2) is 9.83. The van der Waals surface area contributed by atoms with Gasteiger partial charge in [0.1, 0.15) is 5.65 Å². The first-order chi connectivity index (χ1) is 16.3. The zero-order valence-corrected chi connectivity index (χ0v) is 20.4. The number of anilines is 2. The third-order valence-corrected chi connectivity index (χ3v) is 6.14. The average molecular weight is 464 g/mol. The molecular weight excluding hydrogens is 430 g/mol. The summed E-state index contributed by atoms with van der Waals surface area (Å²) in [4.78, 5) is 35.0. The molecule has 1 aliphatic carbocycles. The first kappa shape index (κ1) is 23.7. The quantitative estimate of drug-likeness (QED) is 0.472. The van der Waals surface area contributed by atoms with Gasteiger partial charge in [0, 0.05) is 42.7 Å². The zero-order chi connectivity index (χ0) is 24.3. The monoisotopic (exact) mass is 463 g/mol. The lowest BCUT2D eigenvalue weighted by atomic mass is 9.85. The molecular formula is C26H33N5O3. The lowest BCUT2D eigenvalue weighted by molar-refractivity contribution is -0.122. The Morgan fingerprint density at radius 1 is 1.21 bits per heavy atom. The molecule has 3 heterocycles. The van der Waals surface area contributed by atoms with E-state index in [0.717, 1.165) is 37.2 Å². The van der Waals surface area contributed by atoms with Crippen molar-refractivity contribution in [2.75, 3.05) is 24.3 Å². The third kappa shape index (κ3) is 5.21. The number of aryl methyl sites for hydroxylation is 2. The normalized spacial score (nSPS) is 14.0. The van der Waals surface area contributed by atoms with Gasteiger partial charge < -0.3 is 19.9 Å². The summed E-state index contributed by atoms with van der Waals surface area (Å²) in [5.41, 5.74) is 3.22. The Hall–Kier alpha value is -3.42. The number of rotatable bonds is 8. The van der Waals surface area contributed by atoms with E-state index < -0.39 is 5.97 Å².